The van der Waals surface area contributed by atoms with Crippen molar-refractivity contribution in [1.29, 1.82) is 0 Å². The summed E-state index contributed by atoms with van der Waals surface area (Å²) in [5, 5.41) is 10.2. The Morgan fingerprint density at radius 3 is 2.11 bits per heavy atom. The van der Waals surface area contributed by atoms with E-state index in [0.29, 0.717) is 6.42 Å². The van der Waals surface area contributed by atoms with E-state index in [2.05, 4.69) is 31.9 Å². The molecule has 0 saturated carbocycles. The smallest absolute Gasteiger partial charge is 0.123 e. The zero-order valence-corrected chi connectivity index (χ0v) is 12.6. The Balaban J connectivity index is 2.16. The first-order valence-electron chi connectivity index (χ1n) is 5.43. The van der Waals surface area contributed by atoms with Gasteiger partial charge in [-0.25, -0.2) is 4.39 Å². The molecule has 0 spiro atoms. The summed E-state index contributed by atoms with van der Waals surface area (Å²) in [7, 11) is 0. The predicted octanol–water partition coefficient (Wildman–Crippen LogP) is 4.63. The Labute approximate surface area is 122 Å². The van der Waals surface area contributed by atoms with Crippen molar-refractivity contribution in [2.24, 2.45) is 0 Å². The van der Waals surface area contributed by atoms with E-state index in [-0.39, 0.29) is 5.82 Å². The minimum Gasteiger partial charge on any atom is -0.388 e. The van der Waals surface area contributed by atoms with Crippen LogP contribution in [0.25, 0.3) is 0 Å². The number of aliphatic hydroxyl groups excluding tert-OH is 1. The van der Waals surface area contributed by atoms with E-state index in [1.165, 1.54) is 12.1 Å². The zero-order valence-electron chi connectivity index (χ0n) is 9.41. The van der Waals surface area contributed by atoms with Crippen LogP contribution in [-0.2, 0) is 6.42 Å². The number of hydrogen-bond acceptors (Lipinski definition) is 1. The molecular formula is C14H11Br2FO. The van der Waals surface area contributed by atoms with E-state index in [9.17, 15) is 9.50 Å². The van der Waals surface area contributed by atoms with Gasteiger partial charge in [0.15, 0.2) is 0 Å². The third kappa shape index (κ3) is 3.64. The molecule has 4 heteroatoms. The minimum atomic E-state index is -0.607. The highest BCUT2D eigenvalue weighted by Crippen LogP contribution is 2.26. The Hall–Kier alpha value is -0.710. The quantitative estimate of drug-likeness (QED) is 0.831. The van der Waals surface area contributed by atoms with Crippen molar-refractivity contribution in [1.82, 2.24) is 0 Å². The fraction of sp³-hybridized carbons (Fsp3) is 0.143. The molecule has 1 unspecified atom stereocenters. The van der Waals surface area contributed by atoms with E-state index >= 15 is 0 Å². The zero-order chi connectivity index (χ0) is 13.1. The summed E-state index contributed by atoms with van der Waals surface area (Å²) in [6.45, 7) is 0. The maximum Gasteiger partial charge on any atom is 0.123 e. The van der Waals surface area contributed by atoms with Crippen molar-refractivity contribution in [3.8, 4) is 0 Å². The number of halogens is 3. The highest BCUT2D eigenvalue weighted by molar-refractivity contribution is 9.11. The van der Waals surface area contributed by atoms with Gasteiger partial charge in [-0.05, 0) is 41.5 Å². The Bertz CT molecular complexity index is 520. The lowest BCUT2D eigenvalue weighted by molar-refractivity contribution is 0.178. The molecule has 0 amide bonds. The van der Waals surface area contributed by atoms with E-state index in [4.69, 9.17) is 0 Å². The molecular weight excluding hydrogens is 363 g/mol. The Kier molecular flexibility index (Phi) is 4.54. The molecule has 94 valence electrons. The lowest BCUT2D eigenvalue weighted by Gasteiger charge is -2.12. The predicted molar refractivity (Wildman–Crippen MR) is 76.9 cm³/mol. The fourth-order valence-corrected chi connectivity index (χ4v) is 3.06. The first-order chi connectivity index (χ1) is 8.54. The van der Waals surface area contributed by atoms with Crippen LogP contribution in [0.3, 0.4) is 0 Å². The van der Waals surface area contributed by atoms with Crippen molar-refractivity contribution in [2.75, 3.05) is 0 Å². The normalized spacial score (nSPS) is 12.4. The molecule has 0 bridgehead atoms. The van der Waals surface area contributed by atoms with Crippen LogP contribution in [0.1, 0.15) is 17.2 Å². The van der Waals surface area contributed by atoms with Crippen molar-refractivity contribution in [3.05, 3.63) is 68.4 Å². The second kappa shape index (κ2) is 5.95. The van der Waals surface area contributed by atoms with Crippen LogP contribution in [0.15, 0.2) is 51.4 Å². The average Bonchev–Trinajstić information content (AvgIpc) is 2.31. The third-order valence-corrected chi connectivity index (χ3v) is 3.53. The first kappa shape index (κ1) is 13.7. The molecule has 2 aromatic rings. The maximum atomic E-state index is 12.8. The van der Waals surface area contributed by atoms with E-state index in [1.54, 1.807) is 12.1 Å². The summed E-state index contributed by atoms with van der Waals surface area (Å²) in [6, 6.07) is 11.8. The monoisotopic (exact) mass is 372 g/mol. The highest BCUT2D eigenvalue weighted by atomic mass is 79.9. The summed E-state index contributed by atoms with van der Waals surface area (Å²) in [5.41, 5.74) is 1.72. The molecule has 0 aliphatic carbocycles. The molecule has 0 aliphatic rings. The van der Waals surface area contributed by atoms with Crippen molar-refractivity contribution >= 4 is 31.9 Å². The van der Waals surface area contributed by atoms with Crippen LogP contribution in [0, 0.1) is 5.82 Å². The van der Waals surface area contributed by atoms with E-state index < -0.39 is 6.10 Å². The molecule has 18 heavy (non-hydrogen) atoms. The van der Waals surface area contributed by atoms with Gasteiger partial charge in [0, 0.05) is 15.4 Å². The molecule has 0 fully saturated rings. The van der Waals surface area contributed by atoms with Crippen LogP contribution >= 0.6 is 31.9 Å². The van der Waals surface area contributed by atoms with Crippen LogP contribution in [0.2, 0.25) is 0 Å². The molecule has 1 atom stereocenters. The molecule has 0 aromatic heterocycles. The average molecular weight is 374 g/mol. The second-order valence-electron chi connectivity index (χ2n) is 4.05. The summed E-state index contributed by atoms with van der Waals surface area (Å²) in [6.07, 6.45) is -0.146. The van der Waals surface area contributed by atoms with Gasteiger partial charge in [-0.3, -0.25) is 0 Å². The molecule has 0 radical (unpaired) electrons. The molecule has 0 aliphatic heterocycles. The van der Waals surface area contributed by atoms with Crippen LogP contribution in [0.4, 0.5) is 4.39 Å². The molecule has 0 saturated heterocycles. The number of rotatable bonds is 3. The Morgan fingerprint density at radius 1 is 1.00 bits per heavy atom. The van der Waals surface area contributed by atoms with Gasteiger partial charge in [0.05, 0.1) is 6.10 Å². The van der Waals surface area contributed by atoms with Gasteiger partial charge in [-0.1, -0.05) is 44.0 Å². The fourth-order valence-electron chi connectivity index (χ4n) is 1.73. The number of aliphatic hydroxyl groups is 1. The number of benzene rings is 2. The molecule has 1 N–H and O–H groups in total. The molecule has 1 nitrogen and oxygen atoms in total. The van der Waals surface area contributed by atoms with Gasteiger partial charge < -0.3 is 5.11 Å². The van der Waals surface area contributed by atoms with Gasteiger partial charge in [-0.2, -0.15) is 0 Å². The van der Waals surface area contributed by atoms with Gasteiger partial charge in [0.25, 0.3) is 0 Å². The third-order valence-electron chi connectivity index (χ3n) is 2.61. The summed E-state index contributed by atoms with van der Waals surface area (Å²) in [4.78, 5) is 0. The summed E-state index contributed by atoms with van der Waals surface area (Å²) < 4.78 is 14.6. The second-order valence-corrected chi connectivity index (χ2v) is 5.88. The molecule has 2 rings (SSSR count). The summed E-state index contributed by atoms with van der Waals surface area (Å²) in [5.74, 6) is -0.265. The van der Waals surface area contributed by atoms with E-state index in [1.807, 2.05) is 18.2 Å². The lowest BCUT2D eigenvalue weighted by Crippen LogP contribution is -2.02. The molecule has 2 aromatic carbocycles. The van der Waals surface area contributed by atoms with Crippen molar-refractivity contribution in [3.63, 3.8) is 0 Å². The SMILES string of the molecule is OC(Cc1ccc(F)cc1)c1cc(Br)cc(Br)c1. The summed E-state index contributed by atoms with van der Waals surface area (Å²) >= 11 is 6.77. The van der Waals surface area contributed by atoms with Gasteiger partial charge in [0.2, 0.25) is 0 Å². The van der Waals surface area contributed by atoms with Gasteiger partial charge in [0.1, 0.15) is 5.82 Å². The Morgan fingerprint density at radius 2 is 1.56 bits per heavy atom. The maximum absolute atomic E-state index is 12.8. The first-order valence-corrected chi connectivity index (χ1v) is 7.02. The van der Waals surface area contributed by atoms with Gasteiger partial charge in [-0.15, -0.1) is 0 Å². The lowest BCUT2D eigenvalue weighted by atomic mass is 10.0. The van der Waals surface area contributed by atoms with Crippen molar-refractivity contribution in [2.45, 2.75) is 12.5 Å². The number of hydrogen-bond donors (Lipinski definition) is 1. The van der Waals surface area contributed by atoms with Crippen molar-refractivity contribution < 1.29 is 9.50 Å². The van der Waals surface area contributed by atoms with Crippen LogP contribution in [-0.4, -0.2) is 5.11 Å². The minimum absolute atomic E-state index is 0.265. The van der Waals surface area contributed by atoms with Crippen LogP contribution < -0.4 is 0 Å². The van der Waals surface area contributed by atoms with Gasteiger partial charge >= 0.3 is 0 Å². The molecule has 0 heterocycles. The topological polar surface area (TPSA) is 20.2 Å². The largest absolute Gasteiger partial charge is 0.388 e. The van der Waals surface area contributed by atoms with Crippen LogP contribution in [0.5, 0.6) is 0 Å². The van der Waals surface area contributed by atoms with E-state index in [0.717, 1.165) is 20.1 Å². The highest BCUT2D eigenvalue weighted by Gasteiger charge is 2.10. The standard InChI is InChI=1S/C14H11Br2FO/c15-11-6-10(7-12(16)8-11)14(18)5-9-1-3-13(17)4-2-9/h1-4,6-8,14,18H,5H2.